The number of aromatic nitrogens is 2. The van der Waals surface area contributed by atoms with Crippen LogP contribution in [0.3, 0.4) is 0 Å². The Morgan fingerprint density at radius 2 is 2.05 bits per heavy atom. The monoisotopic (exact) mass is 298 g/mol. The zero-order chi connectivity index (χ0) is 15.5. The summed E-state index contributed by atoms with van der Waals surface area (Å²) in [4.78, 5) is 11.8. The Labute approximate surface area is 131 Å². The number of fused-ring (bicyclic) bond motifs is 1. The predicted molar refractivity (Wildman–Crippen MR) is 85.1 cm³/mol. The van der Waals surface area contributed by atoms with Gasteiger partial charge < -0.3 is 4.74 Å². The van der Waals surface area contributed by atoms with Gasteiger partial charge in [0.05, 0.1) is 19.3 Å². The molecule has 1 aromatic heterocycles. The molecule has 1 heterocycles. The van der Waals surface area contributed by atoms with Crippen LogP contribution in [0.15, 0.2) is 24.4 Å². The van der Waals surface area contributed by atoms with Crippen molar-refractivity contribution in [1.82, 2.24) is 9.78 Å². The fourth-order valence-electron chi connectivity index (χ4n) is 3.16. The molecule has 3 rings (SSSR count). The van der Waals surface area contributed by atoms with Gasteiger partial charge in [-0.15, -0.1) is 0 Å². The third-order valence-corrected chi connectivity index (χ3v) is 4.34. The van der Waals surface area contributed by atoms with Crippen LogP contribution < -0.4 is 0 Å². The highest BCUT2D eigenvalue weighted by atomic mass is 16.5. The zero-order valence-electron chi connectivity index (χ0n) is 13.3. The molecule has 1 aliphatic carbocycles. The van der Waals surface area contributed by atoms with E-state index in [9.17, 15) is 4.79 Å². The first kappa shape index (κ1) is 14.8. The summed E-state index contributed by atoms with van der Waals surface area (Å²) in [7, 11) is 1.41. The topological polar surface area (TPSA) is 44.1 Å². The van der Waals surface area contributed by atoms with E-state index in [1.54, 1.807) is 6.20 Å². The zero-order valence-corrected chi connectivity index (χ0v) is 13.3. The van der Waals surface area contributed by atoms with Crippen molar-refractivity contribution in [2.24, 2.45) is 0 Å². The van der Waals surface area contributed by atoms with Crippen LogP contribution >= 0.6 is 0 Å². The highest BCUT2D eigenvalue weighted by Crippen LogP contribution is 2.22. The average Bonchev–Trinajstić information content (AvgIpc) is 2.97. The number of aryl methyl sites for hydroxylation is 3. The van der Waals surface area contributed by atoms with Crippen molar-refractivity contribution in [1.29, 1.82) is 0 Å². The molecule has 0 radical (unpaired) electrons. The third kappa shape index (κ3) is 2.91. The van der Waals surface area contributed by atoms with Gasteiger partial charge in [0, 0.05) is 6.20 Å². The van der Waals surface area contributed by atoms with Crippen molar-refractivity contribution in [2.45, 2.75) is 45.6 Å². The summed E-state index contributed by atoms with van der Waals surface area (Å²) in [6, 6.07) is 6.71. The predicted octanol–water partition coefficient (Wildman–Crippen LogP) is 3.16. The maximum atomic E-state index is 11.8. The van der Waals surface area contributed by atoms with Crippen molar-refractivity contribution in [2.75, 3.05) is 7.11 Å². The van der Waals surface area contributed by atoms with Gasteiger partial charge in [-0.3, -0.25) is 4.68 Å². The standard InChI is InChI=1S/C18H22N2O2/c1-3-17-16(18(21)22-2)12-20(19-17)11-13-8-9-14-6-4-5-7-15(14)10-13/h8-10,12H,3-7,11H2,1-2H3. The van der Waals surface area contributed by atoms with E-state index in [2.05, 4.69) is 23.3 Å². The van der Waals surface area contributed by atoms with E-state index in [1.165, 1.54) is 49.5 Å². The lowest BCUT2D eigenvalue weighted by molar-refractivity contribution is 0.0599. The quantitative estimate of drug-likeness (QED) is 0.814. The molecular formula is C18H22N2O2. The van der Waals surface area contributed by atoms with Crippen LogP contribution in [0.5, 0.6) is 0 Å². The molecule has 116 valence electrons. The number of hydrogen-bond donors (Lipinski definition) is 0. The van der Waals surface area contributed by atoms with E-state index in [0.29, 0.717) is 12.1 Å². The van der Waals surface area contributed by atoms with Crippen LogP contribution in [0, 0.1) is 0 Å². The molecule has 2 aromatic rings. The third-order valence-electron chi connectivity index (χ3n) is 4.34. The number of carbonyl (C=O) groups is 1. The Bertz CT molecular complexity index is 688. The van der Waals surface area contributed by atoms with Gasteiger partial charge in [-0.25, -0.2) is 4.79 Å². The van der Waals surface area contributed by atoms with E-state index >= 15 is 0 Å². The minimum Gasteiger partial charge on any atom is -0.465 e. The fraction of sp³-hybridized carbons (Fsp3) is 0.444. The molecule has 0 aliphatic heterocycles. The summed E-state index contributed by atoms with van der Waals surface area (Å²) in [5.74, 6) is -0.312. The van der Waals surface area contributed by atoms with Gasteiger partial charge in [0.1, 0.15) is 5.56 Å². The molecule has 4 nitrogen and oxygen atoms in total. The van der Waals surface area contributed by atoms with Gasteiger partial charge in [-0.1, -0.05) is 25.1 Å². The van der Waals surface area contributed by atoms with Crippen molar-refractivity contribution >= 4 is 5.97 Å². The number of carbonyl (C=O) groups excluding carboxylic acids is 1. The lowest BCUT2D eigenvalue weighted by Crippen LogP contribution is -2.06. The highest BCUT2D eigenvalue weighted by Gasteiger charge is 2.16. The van der Waals surface area contributed by atoms with Gasteiger partial charge >= 0.3 is 5.97 Å². The second-order valence-corrected chi connectivity index (χ2v) is 5.84. The smallest absolute Gasteiger partial charge is 0.341 e. The molecule has 0 saturated carbocycles. The van der Waals surface area contributed by atoms with Crippen LogP contribution in [0.2, 0.25) is 0 Å². The van der Waals surface area contributed by atoms with Crippen molar-refractivity contribution < 1.29 is 9.53 Å². The number of nitrogens with zero attached hydrogens (tertiary/aromatic N) is 2. The number of esters is 1. The maximum absolute atomic E-state index is 11.8. The lowest BCUT2D eigenvalue weighted by Gasteiger charge is -2.16. The van der Waals surface area contributed by atoms with Crippen LogP contribution in [0.4, 0.5) is 0 Å². The van der Waals surface area contributed by atoms with Crippen LogP contribution in [0.25, 0.3) is 0 Å². The van der Waals surface area contributed by atoms with E-state index in [0.717, 1.165) is 12.1 Å². The number of methoxy groups -OCH3 is 1. The Morgan fingerprint density at radius 3 is 2.77 bits per heavy atom. The normalized spacial score (nSPS) is 13.7. The summed E-state index contributed by atoms with van der Waals surface area (Å²) in [6.45, 7) is 2.69. The van der Waals surface area contributed by atoms with Gasteiger partial charge in [0.25, 0.3) is 0 Å². The molecule has 0 fully saturated rings. The molecule has 0 unspecified atom stereocenters. The number of hydrogen-bond acceptors (Lipinski definition) is 3. The van der Waals surface area contributed by atoms with Crippen molar-refractivity contribution in [3.63, 3.8) is 0 Å². The number of benzene rings is 1. The molecule has 0 amide bonds. The van der Waals surface area contributed by atoms with E-state index in [4.69, 9.17) is 4.74 Å². The minimum atomic E-state index is -0.312. The van der Waals surface area contributed by atoms with E-state index in [-0.39, 0.29) is 5.97 Å². The summed E-state index contributed by atoms with van der Waals surface area (Å²) < 4.78 is 6.67. The molecule has 0 atom stereocenters. The fourth-order valence-corrected chi connectivity index (χ4v) is 3.16. The first-order valence-corrected chi connectivity index (χ1v) is 7.96. The first-order valence-electron chi connectivity index (χ1n) is 7.96. The minimum absolute atomic E-state index is 0.312. The molecule has 0 saturated heterocycles. The molecule has 22 heavy (non-hydrogen) atoms. The lowest BCUT2D eigenvalue weighted by atomic mass is 9.90. The Balaban J connectivity index is 1.84. The van der Waals surface area contributed by atoms with E-state index in [1.807, 2.05) is 11.6 Å². The summed E-state index contributed by atoms with van der Waals surface area (Å²) >= 11 is 0. The summed E-state index contributed by atoms with van der Waals surface area (Å²) in [6.07, 6.45) is 7.48. The van der Waals surface area contributed by atoms with Crippen LogP contribution in [0.1, 0.15) is 52.5 Å². The molecule has 4 heteroatoms. The molecule has 0 spiro atoms. The molecular weight excluding hydrogens is 276 g/mol. The average molecular weight is 298 g/mol. The molecule has 1 aromatic carbocycles. The SMILES string of the molecule is CCc1nn(Cc2ccc3c(c2)CCCC3)cc1C(=O)OC. The largest absolute Gasteiger partial charge is 0.465 e. The van der Waals surface area contributed by atoms with E-state index < -0.39 is 0 Å². The van der Waals surface area contributed by atoms with Gasteiger partial charge in [-0.2, -0.15) is 5.10 Å². The molecule has 1 aliphatic rings. The maximum Gasteiger partial charge on any atom is 0.341 e. The number of rotatable bonds is 4. The van der Waals surface area contributed by atoms with Gasteiger partial charge in [0.2, 0.25) is 0 Å². The van der Waals surface area contributed by atoms with Gasteiger partial charge in [-0.05, 0) is 48.8 Å². The Morgan fingerprint density at radius 1 is 1.27 bits per heavy atom. The second-order valence-electron chi connectivity index (χ2n) is 5.84. The second kappa shape index (κ2) is 6.34. The highest BCUT2D eigenvalue weighted by molar-refractivity contribution is 5.90. The van der Waals surface area contributed by atoms with Crippen molar-refractivity contribution in [3.05, 3.63) is 52.3 Å². The number of ether oxygens (including phenoxy) is 1. The summed E-state index contributed by atoms with van der Waals surface area (Å²) in [5.41, 5.74) is 5.56. The molecule has 0 N–H and O–H groups in total. The van der Waals surface area contributed by atoms with Crippen LogP contribution in [-0.2, 0) is 30.5 Å². The first-order chi connectivity index (χ1) is 10.7. The van der Waals surface area contributed by atoms with Gasteiger partial charge in [0.15, 0.2) is 0 Å². The summed E-state index contributed by atoms with van der Waals surface area (Å²) in [5, 5.41) is 4.52. The molecule has 0 bridgehead atoms. The van der Waals surface area contributed by atoms with Crippen molar-refractivity contribution in [3.8, 4) is 0 Å². The Hall–Kier alpha value is -2.10. The van der Waals surface area contributed by atoms with Crippen LogP contribution in [-0.4, -0.2) is 22.9 Å². The Kier molecular flexibility index (Phi) is 4.27.